The number of hydrogen-bond acceptors (Lipinski definition) is 4. The fourth-order valence-electron chi connectivity index (χ4n) is 1.21. The van der Waals surface area contributed by atoms with Gasteiger partial charge in [-0.25, -0.2) is 0 Å². The van der Waals surface area contributed by atoms with E-state index < -0.39 is 0 Å². The Morgan fingerprint density at radius 3 is 2.57 bits per heavy atom. The number of ether oxygens (including phenoxy) is 2. The zero-order valence-corrected chi connectivity index (χ0v) is 10.5. The van der Waals surface area contributed by atoms with Crippen molar-refractivity contribution < 1.29 is 9.47 Å². The summed E-state index contributed by atoms with van der Waals surface area (Å²) in [7, 11) is 0. The summed E-state index contributed by atoms with van der Waals surface area (Å²) in [6.45, 7) is 5.80. The van der Waals surface area contributed by atoms with Gasteiger partial charge in [-0.05, 0) is 6.42 Å². The molecule has 0 amide bonds. The van der Waals surface area contributed by atoms with Gasteiger partial charge in [0, 0.05) is 22.5 Å². The maximum Gasteiger partial charge on any atom is 0.0585 e. The molecule has 0 aliphatic carbocycles. The van der Waals surface area contributed by atoms with Crippen LogP contribution in [0.1, 0.15) is 13.3 Å². The van der Waals surface area contributed by atoms with E-state index in [-0.39, 0.29) is 0 Å². The molecule has 0 saturated carbocycles. The average molecular weight is 236 g/mol. The van der Waals surface area contributed by atoms with Gasteiger partial charge in [-0.1, -0.05) is 6.92 Å². The van der Waals surface area contributed by atoms with Crippen molar-refractivity contribution in [3.63, 3.8) is 0 Å². The molecule has 0 bridgehead atoms. The zero-order chi connectivity index (χ0) is 10.1. The summed E-state index contributed by atoms with van der Waals surface area (Å²) >= 11 is 3.90. The van der Waals surface area contributed by atoms with Crippen LogP contribution in [0.2, 0.25) is 0 Å². The van der Waals surface area contributed by atoms with E-state index >= 15 is 0 Å². The Labute approximate surface area is 95.5 Å². The first-order valence-corrected chi connectivity index (χ1v) is 7.48. The molecular weight excluding hydrogens is 216 g/mol. The van der Waals surface area contributed by atoms with E-state index in [9.17, 15) is 0 Å². The monoisotopic (exact) mass is 236 g/mol. The van der Waals surface area contributed by atoms with Crippen LogP contribution in [0.4, 0.5) is 0 Å². The second kappa shape index (κ2) is 8.89. The zero-order valence-electron chi connectivity index (χ0n) is 8.87. The first kappa shape index (κ1) is 12.7. The van der Waals surface area contributed by atoms with E-state index in [1.165, 1.54) is 6.42 Å². The number of thioether (sulfide) groups is 2. The molecule has 0 aromatic carbocycles. The fourth-order valence-corrected chi connectivity index (χ4v) is 2.86. The minimum Gasteiger partial charge on any atom is -0.380 e. The minimum absolute atomic E-state index is 0.656. The van der Waals surface area contributed by atoms with E-state index in [1.54, 1.807) is 0 Å². The van der Waals surface area contributed by atoms with Crippen LogP contribution < -0.4 is 0 Å². The summed E-state index contributed by atoms with van der Waals surface area (Å²) in [6.07, 6.45) is 1.19. The van der Waals surface area contributed by atoms with Crippen molar-refractivity contribution in [1.29, 1.82) is 0 Å². The van der Waals surface area contributed by atoms with Crippen molar-refractivity contribution in [1.82, 2.24) is 0 Å². The summed E-state index contributed by atoms with van der Waals surface area (Å²) in [6, 6.07) is 0. The predicted octanol–water partition coefficient (Wildman–Crippen LogP) is 2.28. The molecule has 0 aromatic heterocycles. The largest absolute Gasteiger partial charge is 0.380 e. The van der Waals surface area contributed by atoms with Crippen LogP contribution in [0, 0.1) is 0 Å². The van der Waals surface area contributed by atoms with Gasteiger partial charge < -0.3 is 9.47 Å². The second-order valence-corrected chi connectivity index (χ2v) is 5.83. The Bertz CT molecular complexity index is 121. The van der Waals surface area contributed by atoms with Gasteiger partial charge in [-0.2, -0.15) is 23.5 Å². The molecule has 4 heteroatoms. The maximum absolute atomic E-state index is 5.63. The lowest BCUT2D eigenvalue weighted by Gasteiger charge is -2.16. The molecule has 0 radical (unpaired) electrons. The van der Waals surface area contributed by atoms with Crippen molar-refractivity contribution in [3.05, 3.63) is 0 Å². The molecule has 1 atom stereocenters. The van der Waals surface area contributed by atoms with Crippen molar-refractivity contribution in [2.75, 3.05) is 43.7 Å². The summed E-state index contributed by atoms with van der Waals surface area (Å²) in [5, 5.41) is 0.656. The lowest BCUT2D eigenvalue weighted by molar-refractivity contribution is 0.148. The summed E-state index contributed by atoms with van der Waals surface area (Å²) < 4.78 is 11.1. The highest BCUT2D eigenvalue weighted by atomic mass is 32.2. The Morgan fingerprint density at radius 1 is 1.07 bits per heavy atom. The van der Waals surface area contributed by atoms with E-state index in [4.69, 9.17) is 9.47 Å². The lowest BCUT2D eigenvalue weighted by atomic mass is 10.3. The maximum atomic E-state index is 5.63. The smallest absolute Gasteiger partial charge is 0.0585 e. The van der Waals surface area contributed by atoms with Crippen LogP contribution in [-0.2, 0) is 9.47 Å². The average Bonchev–Trinajstić information content (AvgIpc) is 2.19. The molecule has 2 nitrogen and oxygen atoms in total. The molecule has 1 aliphatic rings. The van der Waals surface area contributed by atoms with Crippen molar-refractivity contribution in [2.45, 2.75) is 18.6 Å². The Kier molecular flexibility index (Phi) is 8.06. The molecule has 0 spiro atoms. The highest BCUT2D eigenvalue weighted by Crippen LogP contribution is 2.15. The predicted molar refractivity (Wildman–Crippen MR) is 65.5 cm³/mol. The van der Waals surface area contributed by atoms with E-state index in [2.05, 4.69) is 6.92 Å². The van der Waals surface area contributed by atoms with Crippen molar-refractivity contribution >= 4 is 23.5 Å². The third-order valence-corrected chi connectivity index (χ3v) is 4.34. The normalized spacial score (nSPS) is 27.6. The second-order valence-electron chi connectivity index (χ2n) is 3.20. The van der Waals surface area contributed by atoms with E-state index in [0.29, 0.717) is 5.25 Å². The first-order valence-electron chi connectivity index (χ1n) is 5.28. The van der Waals surface area contributed by atoms with Gasteiger partial charge in [0.25, 0.3) is 0 Å². The number of rotatable bonds is 1. The van der Waals surface area contributed by atoms with Crippen LogP contribution in [-0.4, -0.2) is 48.9 Å². The standard InChI is InChI=1S/C10H20O2S2/c1-2-10-9-12-4-7-13-6-3-11-5-8-14-10/h10H,2-9H2,1H3. The van der Waals surface area contributed by atoms with Crippen LogP contribution in [0.5, 0.6) is 0 Å². The minimum atomic E-state index is 0.656. The van der Waals surface area contributed by atoms with Gasteiger partial charge in [-0.3, -0.25) is 0 Å². The SMILES string of the molecule is CCC1COCCSCCOCCS1. The van der Waals surface area contributed by atoms with Gasteiger partial charge in [0.05, 0.1) is 26.4 Å². The number of hydrogen-bond donors (Lipinski definition) is 0. The molecule has 0 aromatic rings. The molecular formula is C10H20O2S2. The third-order valence-electron chi connectivity index (χ3n) is 2.08. The van der Waals surface area contributed by atoms with Gasteiger partial charge in [0.15, 0.2) is 0 Å². The molecule has 1 aliphatic heterocycles. The summed E-state index contributed by atoms with van der Waals surface area (Å²) in [5.41, 5.74) is 0. The third kappa shape index (κ3) is 6.17. The van der Waals surface area contributed by atoms with Crippen LogP contribution >= 0.6 is 23.5 Å². The molecule has 1 rings (SSSR count). The van der Waals surface area contributed by atoms with Crippen LogP contribution in [0.25, 0.3) is 0 Å². The van der Waals surface area contributed by atoms with Gasteiger partial charge in [-0.15, -0.1) is 0 Å². The highest BCUT2D eigenvalue weighted by Gasteiger charge is 2.07. The Hall–Kier alpha value is 0.620. The Balaban J connectivity index is 2.17. The summed E-state index contributed by atoms with van der Waals surface area (Å²) in [4.78, 5) is 0. The van der Waals surface area contributed by atoms with Gasteiger partial charge in [0.2, 0.25) is 0 Å². The van der Waals surface area contributed by atoms with Crippen LogP contribution in [0.3, 0.4) is 0 Å². The fraction of sp³-hybridized carbons (Fsp3) is 1.00. The first-order chi connectivity index (χ1) is 6.93. The topological polar surface area (TPSA) is 18.5 Å². The molecule has 14 heavy (non-hydrogen) atoms. The molecule has 1 heterocycles. The summed E-state index contributed by atoms with van der Waals surface area (Å²) in [5.74, 6) is 3.31. The van der Waals surface area contributed by atoms with E-state index in [1.807, 2.05) is 23.5 Å². The van der Waals surface area contributed by atoms with Crippen LogP contribution in [0.15, 0.2) is 0 Å². The highest BCUT2D eigenvalue weighted by molar-refractivity contribution is 8.00. The van der Waals surface area contributed by atoms with Gasteiger partial charge in [0.1, 0.15) is 0 Å². The lowest BCUT2D eigenvalue weighted by Crippen LogP contribution is -2.15. The van der Waals surface area contributed by atoms with Crippen molar-refractivity contribution in [3.8, 4) is 0 Å². The molecule has 1 fully saturated rings. The molecule has 1 unspecified atom stereocenters. The molecule has 1 saturated heterocycles. The Morgan fingerprint density at radius 2 is 1.79 bits per heavy atom. The van der Waals surface area contributed by atoms with Gasteiger partial charge >= 0.3 is 0 Å². The quantitative estimate of drug-likeness (QED) is 0.695. The van der Waals surface area contributed by atoms with E-state index in [0.717, 1.165) is 43.7 Å². The van der Waals surface area contributed by atoms with Crippen molar-refractivity contribution in [2.24, 2.45) is 0 Å². The molecule has 84 valence electrons. The molecule has 0 N–H and O–H groups in total.